The van der Waals surface area contributed by atoms with Crippen LogP contribution >= 0.6 is 11.6 Å². The summed E-state index contributed by atoms with van der Waals surface area (Å²) in [6.07, 6.45) is 5.17. The van der Waals surface area contributed by atoms with E-state index in [1.807, 2.05) is 37.3 Å². The molecule has 0 saturated carbocycles. The third-order valence-electron chi connectivity index (χ3n) is 7.26. The first kappa shape index (κ1) is 29.8. The number of aromatic nitrogens is 2. The van der Waals surface area contributed by atoms with E-state index in [4.69, 9.17) is 25.8 Å². The summed E-state index contributed by atoms with van der Waals surface area (Å²) >= 11 is 6.51. The quantitative estimate of drug-likeness (QED) is 0.189. The maximum absolute atomic E-state index is 13.5. The Balaban J connectivity index is 1.36. The summed E-state index contributed by atoms with van der Waals surface area (Å²) in [5, 5.41) is 4.46. The fraction of sp³-hybridized carbons (Fsp3) is 0.290. The van der Waals surface area contributed by atoms with E-state index in [0.29, 0.717) is 34.3 Å². The van der Waals surface area contributed by atoms with Crippen LogP contribution in [-0.4, -0.2) is 42.6 Å². The van der Waals surface area contributed by atoms with Gasteiger partial charge in [0.15, 0.2) is 15.4 Å². The molecule has 4 aromatic rings. The highest BCUT2D eigenvalue weighted by atomic mass is 35.5. The average molecular weight is 612 g/mol. The lowest BCUT2D eigenvalue weighted by Gasteiger charge is -2.35. The topological polar surface area (TPSA) is 99.6 Å². The number of nitrogens with zero attached hydrogens (tertiary/aromatic N) is 2. The Labute approximate surface area is 249 Å². The SMILES string of the molecule is CCS(=O)(=O)CCOC(C)C1(c2ccc3ncnc(Nc4ccc(OCc5cccc(F)c5)c(Cl)c4)c3c2)CC=CO1. The van der Waals surface area contributed by atoms with Gasteiger partial charge in [0, 0.05) is 23.2 Å². The highest BCUT2D eigenvalue weighted by Gasteiger charge is 2.42. The Morgan fingerprint density at radius 1 is 1.14 bits per heavy atom. The zero-order chi connectivity index (χ0) is 29.7. The van der Waals surface area contributed by atoms with E-state index in [2.05, 4.69) is 15.3 Å². The fourth-order valence-electron chi connectivity index (χ4n) is 4.79. The van der Waals surface area contributed by atoms with Crippen LogP contribution in [0.4, 0.5) is 15.9 Å². The third-order valence-corrected chi connectivity index (χ3v) is 9.22. The Bertz CT molecular complexity index is 1710. The molecule has 42 heavy (non-hydrogen) atoms. The molecule has 2 unspecified atom stereocenters. The molecule has 11 heteroatoms. The van der Waals surface area contributed by atoms with E-state index in [9.17, 15) is 12.8 Å². The lowest BCUT2D eigenvalue weighted by Crippen LogP contribution is -2.39. The summed E-state index contributed by atoms with van der Waals surface area (Å²) in [6.45, 7) is 3.77. The highest BCUT2D eigenvalue weighted by Crippen LogP contribution is 2.41. The van der Waals surface area contributed by atoms with Gasteiger partial charge in [-0.2, -0.15) is 0 Å². The number of fused-ring (bicyclic) bond motifs is 1. The van der Waals surface area contributed by atoms with Crippen molar-refractivity contribution in [3.63, 3.8) is 0 Å². The molecule has 8 nitrogen and oxygen atoms in total. The summed E-state index contributed by atoms with van der Waals surface area (Å²) in [6, 6.07) is 17.3. The molecule has 0 amide bonds. The summed E-state index contributed by atoms with van der Waals surface area (Å²) in [5.41, 5.74) is 2.12. The minimum atomic E-state index is -3.15. The van der Waals surface area contributed by atoms with Crippen LogP contribution in [0.2, 0.25) is 5.02 Å². The highest BCUT2D eigenvalue weighted by molar-refractivity contribution is 7.91. The van der Waals surface area contributed by atoms with Gasteiger partial charge < -0.3 is 19.5 Å². The van der Waals surface area contributed by atoms with E-state index < -0.39 is 21.5 Å². The fourth-order valence-corrected chi connectivity index (χ4v) is 5.67. The monoisotopic (exact) mass is 611 g/mol. The van der Waals surface area contributed by atoms with Gasteiger partial charge in [0.1, 0.15) is 30.3 Å². The number of benzene rings is 3. The van der Waals surface area contributed by atoms with E-state index in [1.54, 1.807) is 37.5 Å². The van der Waals surface area contributed by atoms with Gasteiger partial charge >= 0.3 is 0 Å². The maximum atomic E-state index is 13.5. The molecule has 3 aromatic carbocycles. The van der Waals surface area contributed by atoms with Crippen molar-refractivity contribution in [1.82, 2.24) is 9.97 Å². The predicted molar refractivity (Wildman–Crippen MR) is 161 cm³/mol. The molecule has 0 radical (unpaired) electrons. The summed E-state index contributed by atoms with van der Waals surface area (Å²) in [7, 11) is -3.15. The van der Waals surface area contributed by atoms with Crippen LogP contribution in [0.1, 0.15) is 31.4 Å². The van der Waals surface area contributed by atoms with Gasteiger partial charge in [0.05, 0.1) is 35.3 Å². The second-order valence-corrected chi connectivity index (χ2v) is 12.9. The van der Waals surface area contributed by atoms with Gasteiger partial charge in [-0.05, 0) is 66.6 Å². The van der Waals surface area contributed by atoms with Gasteiger partial charge in [0.2, 0.25) is 0 Å². The number of rotatable bonds is 12. The number of halogens is 2. The Morgan fingerprint density at radius 2 is 2.00 bits per heavy atom. The van der Waals surface area contributed by atoms with Gasteiger partial charge in [-0.1, -0.05) is 36.7 Å². The number of sulfone groups is 1. The van der Waals surface area contributed by atoms with Crippen molar-refractivity contribution >= 4 is 43.8 Å². The van der Waals surface area contributed by atoms with Crippen LogP contribution in [0.3, 0.4) is 0 Å². The molecule has 0 saturated heterocycles. The number of nitrogens with one attached hydrogen (secondary N) is 1. The first-order valence-electron chi connectivity index (χ1n) is 13.5. The van der Waals surface area contributed by atoms with Crippen molar-refractivity contribution in [2.75, 3.05) is 23.4 Å². The van der Waals surface area contributed by atoms with E-state index in [1.165, 1.54) is 18.5 Å². The van der Waals surface area contributed by atoms with Crippen molar-refractivity contribution in [3.05, 3.63) is 101 Å². The van der Waals surface area contributed by atoms with Gasteiger partial charge in [-0.3, -0.25) is 0 Å². The standard InChI is InChI=1S/C31H31ClFN3O5S/c1-3-42(37,38)15-14-39-21(2)31(12-5-13-41-31)23-8-10-28-26(17-23)30(35-20-34-28)36-25-9-11-29(27(32)18-25)40-19-22-6-4-7-24(33)16-22/h4-11,13,16-18,20-21H,3,12,14-15,19H2,1-2H3,(H,34,35,36). The lowest BCUT2D eigenvalue weighted by molar-refractivity contribution is -0.0964. The number of anilines is 2. The van der Waals surface area contributed by atoms with Crippen LogP contribution in [0.25, 0.3) is 10.9 Å². The first-order valence-corrected chi connectivity index (χ1v) is 15.7. The summed E-state index contributed by atoms with van der Waals surface area (Å²) in [4.78, 5) is 8.89. The van der Waals surface area contributed by atoms with Gasteiger partial charge in [0.25, 0.3) is 0 Å². The van der Waals surface area contributed by atoms with Gasteiger partial charge in [-0.15, -0.1) is 0 Å². The zero-order valence-corrected chi connectivity index (χ0v) is 24.8. The van der Waals surface area contributed by atoms with Crippen molar-refractivity contribution < 1.29 is 27.0 Å². The Morgan fingerprint density at radius 3 is 2.74 bits per heavy atom. The molecule has 0 bridgehead atoms. The number of hydrogen-bond acceptors (Lipinski definition) is 8. The molecule has 2 atom stereocenters. The molecule has 1 N–H and O–H groups in total. The van der Waals surface area contributed by atoms with Crippen molar-refractivity contribution in [2.24, 2.45) is 0 Å². The molecular weight excluding hydrogens is 581 g/mol. The third kappa shape index (κ3) is 6.67. The van der Waals surface area contributed by atoms with E-state index >= 15 is 0 Å². The minimum Gasteiger partial charge on any atom is -0.487 e. The second-order valence-electron chi connectivity index (χ2n) is 9.98. The van der Waals surface area contributed by atoms with Crippen molar-refractivity contribution in [1.29, 1.82) is 0 Å². The molecule has 2 heterocycles. The molecule has 1 aliphatic heterocycles. The van der Waals surface area contributed by atoms with Crippen molar-refractivity contribution in [3.8, 4) is 5.75 Å². The molecule has 1 aliphatic rings. The Hall–Kier alpha value is -3.73. The van der Waals surface area contributed by atoms with E-state index in [0.717, 1.165) is 16.5 Å². The molecule has 5 rings (SSSR count). The first-order chi connectivity index (χ1) is 20.2. The molecule has 0 aliphatic carbocycles. The zero-order valence-electron chi connectivity index (χ0n) is 23.2. The predicted octanol–water partition coefficient (Wildman–Crippen LogP) is 6.71. The molecule has 0 spiro atoms. The maximum Gasteiger partial charge on any atom is 0.162 e. The Kier molecular flexibility index (Phi) is 8.96. The molecule has 220 valence electrons. The lowest BCUT2D eigenvalue weighted by atomic mass is 9.85. The minimum absolute atomic E-state index is 0.0474. The molecule has 0 fully saturated rings. The van der Waals surface area contributed by atoms with Crippen LogP contribution < -0.4 is 10.1 Å². The summed E-state index contributed by atoms with van der Waals surface area (Å²) in [5.74, 6) is 0.733. The van der Waals surface area contributed by atoms with Crippen LogP contribution in [0, 0.1) is 5.82 Å². The summed E-state index contributed by atoms with van der Waals surface area (Å²) < 4.78 is 55.3. The smallest absolute Gasteiger partial charge is 0.162 e. The van der Waals surface area contributed by atoms with Crippen LogP contribution in [0.5, 0.6) is 5.75 Å². The second kappa shape index (κ2) is 12.6. The van der Waals surface area contributed by atoms with Crippen LogP contribution in [-0.2, 0) is 31.5 Å². The molecular formula is C31H31ClFN3O5S. The number of hydrogen-bond donors (Lipinski definition) is 1. The number of ether oxygens (including phenoxy) is 3. The van der Waals surface area contributed by atoms with Crippen LogP contribution in [0.15, 0.2) is 79.3 Å². The van der Waals surface area contributed by atoms with E-state index in [-0.39, 0.29) is 30.5 Å². The van der Waals surface area contributed by atoms with Crippen molar-refractivity contribution in [2.45, 2.75) is 38.6 Å². The van der Waals surface area contributed by atoms with Gasteiger partial charge in [-0.25, -0.2) is 22.8 Å². The largest absolute Gasteiger partial charge is 0.487 e. The average Bonchev–Trinajstić information content (AvgIpc) is 3.48. The molecule has 1 aromatic heterocycles. The normalized spacial score (nSPS) is 17.2.